The highest BCUT2D eigenvalue weighted by molar-refractivity contribution is 6.34. The van der Waals surface area contributed by atoms with Gasteiger partial charge >= 0.3 is 7.32 Å². The summed E-state index contributed by atoms with van der Waals surface area (Å²) in [5.74, 6) is 0. The van der Waals surface area contributed by atoms with Crippen molar-refractivity contribution in [2.45, 2.75) is 76.7 Å². The molecule has 0 atom stereocenters. The molecular formula is C28H42BNO3. The van der Waals surface area contributed by atoms with Crippen molar-refractivity contribution in [3.8, 4) is 0 Å². The molecule has 1 aliphatic rings. The van der Waals surface area contributed by atoms with Crippen LogP contribution in [0, 0.1) is 0 Å². The minimum Gasteiger partial charge on any atom is -0.402 e. The molecule has 1 saturated heterocycles. The van der Waals surface area contributed by atoms with Crippen molar-refractivity contribution in [1.29, 1.82) is 0 Å². The fraction of sp³-hybridized carbons (Fsp3) is 0.571. The zero-order chi connectivity index (χ0) is 23.2. The topological polar surface area (TPSA) is 41.9 Å². The maximum Gasteiger partial charge on any atom is 0.637 e. The lowest BCUT2D eigenvalue weighted by Crippen LogP contribution is -2.51. The lowest BCUT2D eigenvalue weighted by molar-refractivity contribution is -0.0219. The Labute approximate surface area is 201 Å². The third-order valence-corrected chi connectivity index (χ3v) is 6.72. The van der Waals surface area contributed by atoms with Crippen LogP contribution < -0.4 is 0 Å². The maximum absolute atomic E-state index is 10.5. The molecule has 5 heteroatoms. The highest BCUT2D eigenvalue weighted by atomic mass is 16.7. The predicted octanol–water partition coefficient (Wildman–Crippen LogP) is 6.18. The van der Waals surface area contributed by atoms with E-state index in [1.165, 1.54) is 64.2 Å². The van der Waals surface area contributed by atoms with Crippen LogP contribution >= 0.6 is 0 Å². The molecule has 0 spiro atoms. The normalized spacial score (nSPS) is 17.0. The van der Waals surface area contributed by atoms with Gasteiger partial charge in [-0.05, 0) is 24.1 Å². The van der Waals surface area contributed by atoms with E-state index in [9.17, 15) is 5.02 Å². The highest BCUT2D eigenvalue weighted by Gasteiger charge is 2.42. The van der Waals surface area contributed by atoms with Gasteiger partial charge in [-0.1, -0.05) is 125 Å². The number of hydrogen-bond acceptors (Lipinski definition) is 4. The van der Waals surface area contributed by atoms with E-state index in [1.54, 1.807) is 0 Å². The van der Waals surface area contributed by atoms with E-state index >= 15 is 0 Å². The first-order chi connectivity index (χ1) is 16.2. The largest absolute Gasteiger partial charge is 0.637 e. The first-order valence-corrected chi connectivity index (χ1v) is 13.1. The molecule has 0 unspecified atom stereocenters. The van der Waals surface area contributed by atoms with Crippen LogP contribution in [0.15, 0.2) is 60.7 Å². The van der Waals surface area contributed by atoms with E-state index in [1.807, 2.05) is 36.4 Å². The second kappa shape index (κ2) is 14.6. The van der Waals surface area contributed by atoms with Gasteiger partial charge in [0, 0.05) is 19.7 Å². The number of benzene rings is 2. The highest BCUT2D eigenvalue weighted by Crippen LogP contribution is 2.36. The van der Waals surface area contributed by atoms with Gasteiger partial charge in [0.1, 0.15) is 5.60 Å². The molecule has 0 amide bonds. The summed E-state index contributed by atoms with van der Waals surface area (Å²) in [5, 5.41) is 10.5. The molecule has 1 N–H and O–H groups in total. The van der Waals surface area contributed by atoms with Crippen LogP contribution in [0.2, 0.25) is 0 Å². The van der Waals surface area contributed by atoms with Gasteiger partial charge < -0.3 is 14.3 Å². The molecule has 4 nitrogen and oxygen atoms in total. The molecule has 3 rings (SSSR count). The molecule has 0 aromatic heterocycles. The Morgan fingerprint density at radius 1 is 0.788 bits per heavy atom. The molecule has 2 aromatic carbocycles. The van der Waals surface area contributed by atoms with E-state index < -0.39 is 12.9 Å². The van der Waals surface area contributed by atoms with Crippen LogP contribution in [0.3, 0.4) is 0 Å². The van der Waals surface area contributed by atoms with Crippen LogP contribution in [0.1, 0.15) is 82.3 Å². The van der Waals surface area contributed by atoms with Gasteiger partial charge in [0.2, 0.25) is 0 Å². The Kier molecular flexibility index (Phi) is 11.5. The molecule has 1 aliphatic heterocycles. The lowest BCUT2D eigenvalue weighted by atomic mass is 9.83. The second-order valence-electron chi connectivity index (χ2n) is 9.31. The van der Waals surface area contributed by atoms with Crippen LogP contribution in [0.4, 0.5) is 0 Å². The van der Waals surface area contributed by atoms with Crippen molar-refractivity contribution in [1.82, 2.24) is 4.90 Å². The molecule has 180 valence electrons. The van der Waals surface area contributed by atoms with Gasteiger partial charge in [0.25, 0.3) is 0 Å². The third-order valence-electron chi connectivity index (χ3n) is 6.72. The summed E-state index contributed by atoms with van der Waals surface area (Å²) in [4.78, 5) is 2.44. The first kappa shape index (κ1) is 26.0. The molecule has 1 fully saturated rings. The van der Waals surface area contributed by atoms with E-state index in [4.69, 9.17) is 9.31 Å². The van der Waals surface area contributed by atoms with Crippen LogP contribution in [0.25, 0.3) is 0 Å². The van der Waals surface area contributed by atoms with Gasteiger partial charge in [-0.3, -0.25) is 4.90 Å². The SMILES string of the molecule is CCCCCCCCCCCCN1CCOB(O)OC(c2ccccc2)(c2ccccc2)C1. The molecular weight excluding hydrogens is 409 g/mol. The van der Waals surface area contributed by atoms with Gasteiger partial charge in [0.15, 0.2) is 0 Å². The summed E-state index contributed by atoms with van der Waals surface area (Å²) >= 11 is 0. The van der Waals surface area contributed by atoms with E-state index in [0.29, 0.717) is 13.2 Å². The maximum atomic E-state index is 10.5. The Morgan fingerprint density at radius 3 is 1.85 bits per heavy atom. The van der Waals surface area contributed by atoms with Gasteiger partial charge in [0.05, 0.1) is 0 Å². The Balaban J connectivity index is 1.59. The lowest BCUT2D eigenvalue weighted by Gasteiger charge is -2.41. The zero-order valence-corrected chi connectivity index (χ0v) is 20.5. The third kappa shape index (κ3) is 8.26. The number of rotatable bonds is 13. The molecule has 0 aliphatic carbocycles. The summed E-state index contributed by atoms with van der Waals surface area (Å²) in [6.45, 7) is 5.24. The van der Waals surface area contributed by atoms with Crippen molar-refractivity contribution in [2.24, 2.45) is 0 Å². The van der Waals surface area contributed by atoms with E-state index in [0.717, 1.165) is 24.2 Å². The average molecular weight is 451 g/mol. The zero-order valence-electron chi connectivity index (χ0n) is 20.5. The molecule has 2 aromatic rings. The van der Waals surface area contributed by atoms with Crippen molar-refractivity contribution < 1.29 is 14.3 Å². The smallest absolute Gasteiger partial charge is 0.402 e. The van der Waals surface area contributed by atoms with E-state index in [-0.39, 0.29) is 0 Å². The number of unbranched alkanes of at least 4 members (excludes halogenated alkanes) is 9. The Hall–Kier alpha value is -1.66. The number of hydrogen-bond donors (Lipinski definition) is 1. The summed E-state index contributed by atoms with van der Waals surface area (Å²) in [7, 11) is -1.25. The minimum absolute atomic E-state index is 0.471. The summed E-state index contributed by atoms with van der Waals surface area (Å²) in [6, 6.07) is 20.5. The minimum atomic E-state index is -1.25. The molecule has 0 radical (unpaired) electrons. The van der Waals surface area contributed by atoms with Gasteiger partial charge in [-0.15, -0.1) is 0 Å². The monoisotopic (exact) mass is 451 g/mol. The fourth-order valence-corrected chi connectivity index (χ4v) is 4.83. The van der Waals surface area contributed by atoms with Gasteiger partial charge in [-0.25, -0.2) is 0 Å². The second-order valence-corrected chi connectivity index (χ2v) is 9.31. The predicted molar refractivity (Wildman–Crippen MR) is 137 cm³/mol. The average Bonchev–Trinajstić information content (AvgIpc) is 2.84. The molecule has 1 heterocycles. The molecule has 0 saturated carbocycles. The molecule has 0 bridgehead atoms. The number of nitrogens with zero attached hydrogens (tertiary/aromatic N) is 1. The van der Waals surface area contributed by atoms with Crippen molar-refractivity contribution in [3.05, 3.63) is 71.8 Å². The van der Waals surface area contributed by atoms with E-state index in [2.05, 4.69) is 36.1 Å². The van der Waals surface area contributed by atoms with Crippen LogP contribution in [-0.2, 0) is 14.9 Å². The van der Waals surface area contributed by atoms with Crippen LogP contribution in [-0.4, -0.2) is 43.5 Å². The summed E-state index contributed by atoms with van der Waals surface area (Å²) in [5.41, 5.74) is 1.29. The standard InChI is InChI=1S/C28H42BNO3/c1-2-3-4-5-6-7-8-9-10-17-22-30-23-24-32-29(31)33-28(25-30,26-18-13-11-14-19-26)27-20-15-12-16-21-27/h11-16,18-21,31H,2-10,17,22-25H2,1H3. The quantitative estimate of drug-likeness (QED) is 0.292. The van der Waals surface area contributed by atoms with Crippen molar-refractivity contribution in [3.63, 3.8) is 0 Å². The first-order valence-electron chi connectivity index (χ1n) is 13.1. The van der Waals surface area contributed by atoms with Crippen molar-refractivity contribution in [2.75, 3.05) is 26.2 Å². The summed E-state index contributed by atoms with van der Waals surface area (Å²) < 4.78 is 11.9. The van der Waals surface area contributed by atoms with Crippen LogP contribution in [0.5, 0.6) is 0 Å². The Morgan fingerprint density at radius 2 is 1.30 bits per heavy atom. The fourth-order valence-electron chi connectivity index (χ4n) is 4.83. The van der Waals surface area contributed by atoms with Gasteiger partial charge in [-0.2, -0.15) is 0 Å². The van der Waals surface area contributed by atoms with Crippen molar-refractivity contribution >= 4 is 7.32 Å². The molecule has 33 heavy (non-hydrogen) atoms. The summed E-state index contributed by atoms with van der Waals surface area (Å²) in [6.07, 6.45) is 13.4. The Bertz CT molecular complexity index is 719.